The van der Waals surface area contributed by atoms with E-state index in [0.717, 1.165) is 42.6 Å². The quantitative estimate of drug-likeness (QED) is 0.636. The molecule has 0 spiro atoms. The number of nitrogens with one attached hydrogen (secondary N) is 2. The van der Waals surface area contributed by atoms with E-state index >= 15 is 0 Å². The summed E-state index contributed by atoms with van der Waals surface area (Å²) in [7, 11) is 0. The van der Waals surface area contributed by atoms with Crippen LogP contribution in [0.2, 0.25) is 0 Å². The zero-order valence-electron chi connectivity index (χ0n) is 15.6. The molecule has 0 aromatic heterocycles. The van der Waals surface area contributed by atoms with E-state index in [1.54, 1.807) is 6.07 Å². The van der Waals surface area contributed by atoms with Crippen LogP contribution in [0, 0.1) is 6.92 Å². The Labute approximate surface area is 158 Å². The second-order valence-electron chi connectivity index (χ2n) is 6.58. The lowest BCUT2D eigenvalue weighted by Gasteiger charge is -2.12. The smallest absolute Gasteiger partial charge is 0.338 e. The van der Waals surface area contributed by atoms with E-state index < -0.39 is 11.7 Å². The van der Waals surface area contributed by atoms with Gasteiger partial charge in [0.15, 0.2) is 0 Å². The second kappa shape index (κ2) is 9.44. The fourth-order valence-electron chi connectivity index (χ4n) is 2.79. The number of halogens is 3. The third kappa shape index (κ3) is 6.62. The van der Waals surface area contributed by atoms with E-state index in [4.69, 9.17) is 0 Å². The molecule has 2 rings (SSSR count). The molecule has 0 atom stereocenters. The predicted octanol–water partition coefficient (Wildman–Crippen LogP) is 5.72. The summed E-state index contributed by atoms with van der Waals surface area (Å²) in [6, 6.07) is 10.7. The van der Waals surface area contributed by atoms with E-state index in [1.165, 1.54) is 11.6 Å². The van der Waals surface area contributed by atoms with Crippen molar-refractivity contribution in [2.75, 3.05) is 11.9 Å². The highest BCUT2D eigenvalue weighted by Gasteiger charge is 2.30. The maximum atomic E-state index is 12.7. The predicted molar refractivity (Wildman–Crippen MR) is 102 cm³/mol. The number of hydrogen-bond acceptors (Lipinski definition) is 1. The van der Waals surface area contributed by atoms with E-state index in [0.29, 0.717) is 12.0 Å². The van der Waals surface area contributed by atoms with Crippen molar-refractivity contribution in [2.45, 2.75) is 45.7 Å². The van der Waals surface area contributed by atoms with Gasteiger partial charge < -0.3 is 10.6 Å². The summed E-state index contributed by atoms with van der Waals surface area (Å²) in [6.45, 7) is 4.33. The molecule has 0 aliphatic carbocycles. The Morgan fingerprint density at radius 2 is 1.78 bits per heavy atom. The Balaban J connectivity index is 1.85. The second-order valence-corrected chi connectivity index (χ2v) is 6.58. The molecule has 6 heteroatoms. The van der Waals surface area contributed by atoms with E-state index in [2.05, 4.69) is 23.6 Å². The average Bonchev–Trinajstić information content (AvgIpc) is 2.61. The largest absolute Gasteiger partial charge is 0.416 e. The molecule has 0 fully saturated rings. The molecular weight excluding hydrogens is 353 g/mol. The number of aryl methyl sites for hydroxylation is 2. The first-order valence-corrected chi connectivity index (χ1v) is 9.10. The first kappa shape index (κ1) is 20.8. The number of anilines is 1. The van der Waals surface area contributed by atoms with Crippen molar-refractivity contribution in [1.29, 1.82) is 0 Å². The van der Waals surface area contributed by atoms with Gasteiger partial charge in [0, 0.05) is 12.2 Å². The molecule has 27 heavy (non-hydrogen) atoms. The molecule has 0 radical (unpaired) electrons. The monoisotopic (exact) mass is 378 g/mol. The van der Waals surface area contributed by atoms with E-state index in [-0.39, 0.29) is 12.6 Å². The minimum atomic E-state index is -4.36. The lowest BCUT2D eigenvalue weighted by molar-refractivity contribution is -0.137. The van der Waals surface area contributed by atoms with Gasteiger partial charge in [-0.1, -0.05) is 43.7 Å². The highest BCUT2D eigenvalue weighted by molar-refractivity contribution is 5.90. The zero-order chi connectivity index (χ0) is 19.9. The molecule has 2 N–H and O–H groups in total. The van der Waals surface area contributed by atoms with Crippen molar-refractivity contribution in [3.05, 3.63) is 64.7 Å². The zero-order valence-corrected chi connectivity index (χ0v) is 15.6. The van der Waals surface area contributed by atoms with E-state index in [1.807, 2.05) is 19.1 Å². The fraction of sp³-hybridized carbons (Fsp3) is 0.381. The third-order valence-corrected chi connectivity index (χ3v) is 4.31. The summed E-state index contributed by atoms with van der Waals surface area (Å²) in [5, 5.41) is 5.47. The fourth-order valence-corrected chi connectivity index (χ4v) is 2.79. The molecule has 2 amide bonds. The Morgan fingerprint density at radius 3 is 2.44 bits per heavy atom. The van der Waals surface area contributed by atoms with Gasteiger partial charge in [-0.2, -0.15) is 13.2 Å². The molecule has 0 saturated heterocycles. The number of benzene rings is 2. The lowest BCUT2D eigenvalue weighted by Crippen LogP contribution is -2.30. The van der Waals surface area contributed by atoms with E-state index in [9.17, 15) is 18.0 Å². The number of carbonyl (C=O) groups is 1. The number of rotatable bonds is 7. The Morgan fingerprint density at radius 1 is 1.04 bits per heavy atom. The van der Waals surface area contributed by atoms with Gasteiger partial charge in [0.05, 0.1) is 5.56 Å². The SMILES string of the molecule is CCCCc1ccc(NC(=O)NCCc2cccc(C(F)(F)F)c2)c(C)c1. The van der Waals surface area contributed by atoms with Crippen molar-refractivity contribution in [2.24, 2.45) is 0 Å². The molecule has 146 valence electrons. The maximum Gasteiger partial charge on any atom is 0.416 e. The van der Waals surface area contributed by atoms with Gasteiger partial charge in [0.25, 0.3) is 0 Å². The van der Waals surface area contributed by atoms with Crippen LogP contribution in [0.5, 0.6) is 0 Å². The number of carbonyl (C=O) groups excluding carboxylic acids is 1. The van der Waals surface area contributed by atoms with Gasteiger partial charge in [-0.05, 0) is 55.0 Å². The van der Waals surface area contributed by atoms with Gasteiger partial charge in [0.2, 0.25) is 0 Å². The molecule has 3 nitrogen and oxygen atoms in total. The summed E-state index contributed by atoms with van der Waals surface area (Å²) in [6.07, 6.45) is -0.760. The molecule has 0 unspecified atom stereocenters. The minimum absolute atomic E-state index is 0.251. The van der Waals surface area contributed by atoms with Gasteiger partial charge in [-0.25, -0.2) is 4.79 Å². The first-order chi connectivity index (χ1) is 12.8. The highest BCUT2D eigenvalue weighted by Crippen LogP contribution is 2.29. The number of amides is 2. The average molecular weight is 378 g/mol. The molecule has 2 aromatic rings. The Hall–Kier alpha value is -2.50. The molecule has 0 aliphatic rings. The van der Waals surface area contributed by atoms with Crippen LogP contribution in [0.3, 0.4) is 0 Å². The Kier molecular flexibility index (Phi) is 7.28. The minimum Gasteiger partial charge on any atom is -0.338 e. The summed E-state index contributed by atoms with van der Waals surface area (Å²) in [5.74, 6) is 0. The van der Waals surface area contributed by atoms with Crippen LogP contribution in [-0.2, 0) is 19.0 Å². The highest BCUT2D eigenvalue weighted by atomic mass is 19.4. The van der Waals surface area contributed by atoms with Crippen molar-refractivity contribution in [1.82, 2.24) is 5.32 Å². The molecule has 0 heterocycles. The Bertz CT molecular complexity index is 772. The van der Waals surface area contributed by atoms with Gasteiger partial charge in [-0.15, -0.1) is 0 Å². The standard InChI is InChI=1S/C21H25F3N2O/c1-3-4-6-16-9-10-19(15(2)13-16)26-20(27)25-12-11-17-7-5-8-18(14-17)21(22,23)24/h5,7-10,13-14H,3-4,6,11-12H2,1-2H3,(H2,25,26,27). The molecule has 0 bridgehead atoms. The molecule has 0 aliphatic heterocycles. The third-order valence-electron chi connectivity index (χ3n) is 4.31. The van der Waals surface area contributed by atoms with Gasteiger partial charge in [0.1, 0.15) is 0 Å². The number of alkyl halides is 3. The topological polar surface area (TPSA) is 41.1 Å². The number of unbranched alkanes of at least 4 members (excludes halogenated alkanes) is 1. The van der Waals surface area contributed by atoms with Crippen LogP contribution in [0.25, 0.3) is 0 Å². The summed E-state index contributed by atoms with van der Waals surface area (Å²) in [4.78, 5) is 12.0. The maximum absolute atomic E-state index is 12.7. The summed E-state index contributed by atoms with van der Waals surface area (Å²) >= 11 is 0. The van der Waals surface area contributed by atoms with Crippen LogP contribution in [0.15, 0.2) is 42.5 Å². The van der Waals surface area contributed by atoms with Gasteiger partial charge >= 0.3 is 12.2 Å². The molecular formula is C21H25F3N2O. The normalized spacial score (nSPS) is 11.3. The van der Waals surface area contributed by atoms with Gasteiger partial charge in [-0.3, -0.25) is 0 Å². The molecule has 2 aromatic carbocycles. The van der Waals surface area contributed by atoms with Crippen molar-refractivity contribution in [3.63, 3.8) is 0 Å². The summed E-state index contributed by atoms with van der Waals surface area (Å²) in [5.41, 5.74) is 2.80. The summed E-state index contributed by atoms with van der Waals surface area (Å²) < 4.78 is 38.1. The van der Waals surface area contributed by atoms with Crippen LogP contribution in [0.1, 0.15) is 42.0 Å². The van der Waals surface area contributed by atoms with Crippen molar-refractivity contribution < 1.29 is 18.0 Å². The van der Waals surface area contributed by atoms with Crippen molar-refractivity contribution >= 4 is 11.7 Å². The molecule has 0 saturated carbocycles. The van der Waals surface area contributed by atoms with Crippen LogP contribution >= 0.6 is 0 Å². The van der Waals surface area contributed by atoms with Crippen molar-refractivity contribution in [3.8, 4) is 0 Å². The van der Waals surface area contributed by atoms with Crippen LogP contribution in [0.4, 0.5) is 23.7 Å². The van der Waals surface area contributed by atoms with Crippen LogP contribution in [-0.4, -0.2) is 12.6 Å². The van der Waals surface area contributed by atoms with Crippen LogP contribution < -0.4 is 10.6 Å². The lowest BCUT2D eigenvalue weighted by atomic mass is 10.0. The first-order valence-electron chi connectivity index (χ1n) is 9.10. The number of urea groups is 1. The number of hydrogen-bond donors (Lipinski definition) is 2.